The largest absolute Gasteiger partial charge is 0.0791 e. The molecular formula is C68H60Si4. The Hall–Kier alpha value is -6.93. The molecule has 20 bridgehead atoms. The van der Waals surface area contributed by atoms with Crippen molar-refractivity contribution < 1.29 is 0 Å². The van der Waals surface area contributed by atoms with E-state index >= 15 is 0 Å². The van der Waals surface area contributed by atoms with Gasteiger partial charge in [0, 0.05) is 0 Å². The van der Waals surface area contributed by atoms with Crippen molar-refractivity contribution >= 4 is 116 Å². The molecule has 8 heterocycles. The molecular weight excluding hydrogens is 929 g/mol. The maximum atomic E-state index is 2.62. The third-order valence-corrected chi connectivity index (χ3v) is 53.9. The Labute approximate surface area is 428 Å². The molecule has 0 aromatic heterocycles. The Balaban J connectivity index is 0.955. The summed E-state index contributed by atoms with van der Waals surface area (Å²) in [6, 6.07) is 85.8. The fourth-order valence-electron chi connectivity index (χ4n) is 11.9. The Bertz CT molecular complexity index is 3690. The normalized spacial score (nSPS) is 15.7. The molecule has 12 aromatic rings. The van der Waals surface area contributed by atoms with Crippen LogP contribution in [0.25, 0.3) is 109 Å². The Morgan fingerprint density at radius 2 is 0.306 bits per heavy atom. The van der Waals surface area contributed by atoms with Gasteiger partial charge >= 0.3 is 0 Å². The van der Waals surface area contributed by atoms with Gasteiger partial charge in [-0.1, -0.05) is 243 Å². The lowest BCUT2D eigenvalue weighted by Gasteiger charge is -2.39. The van der Waals surface area contributed by atoms with Gasteiger partial charge in [0.2, 0.25) is 0 Å². The second kappa shape index (κ2) is 16.3. The van der Waals surface area contributed by atoms with Crippen LogP contribution in [0.3, 0.4) is 0 Å². The summed E-state index contributed by atoms with van der Waals surface area (Å²) in [4.78, 5) is 0. The van der Waals surface area contributed by atoms with Gasteiger partial charge in [-0.2, -0.15) is 0 Å². The first-order valence-corrected chi connectivity index (χ1v) is 39.9. The van der Waals surface area contributed by atoms with E-state index in [2.05, 4.69) is 271 Å². The topological polar surface area (TPSA) is 0 Å². The minimum atomic E-state index is -1.96. The van der Waals surface area contributed by atoms with Crippen molar-refractivity contribution in [1.29, 1.82) is 0 Å². The smallest absolute Gasteiger partial charge is 0.0671 e. The van der Waals surface area contributed by atoms with Gasteiger partial charge in [0.05, 0.1) is 30.4 Å². The molecule has 0 saturated heterocycles. The van der Waals surface area contributed by atoms with E-state index in [4.69, 9.17) is 0 Å². The summed E-state index contributed by atoms with van der Waals surface area (Å²) >= 11 is 0. The van der Waals surface area contributed by atoms with Crippen molar-refractivity contribution in [2.75, 3.05) is 0 Å². The molecule has 0 aliphatic carbocycles. The minimum absolute atomic E-state index is 1.26. The summed E-state index contributed by atoms with van der Waals surface area (Å²) in [6.45, 7) is 21.0. The summed E-state index contributed by atoms with van der Waals surface area (Å²) in [7, 11) is -7.83. The lowest BCUT2D eigenvalue weighted by molar-refractivity contribution is 1.65. The number of benzene rings is 12. The molecule has 0 spiro atoms. The van der Waals surface area contributed by atoms with Crippen molar-refractivity contribution in [1.82, 2.24) is 0 Å². The highest BCUT2D eigenvalue weighted by atomic mass is 29.3. The van der Waals surface area contributed by atoms with Gasteiger partial charge in [0.1, 0.15) is 0 Å². The van der Waals surface area contributed by atoms with E-state index in [9.17, 15) is 0 Å². The molecule has 72 heavy (non-hydrogen) atoms. The molecule has 8 aliphatic rings. The first-order chi connectivity index (χ1) is 34.6. The molecule has 0 atom stereocenters. The lowest BCUT2D eigenvalue weighted by Crippen LogP contribution is -2.69. The predicted molar refractivity (Wildman–Crippen MR) is 328 cm³/mol. The molecule has 0 unspecified atom stereocenters. The summed E-state index contributed by atoms with van der Waals surface area (Å²) in [5.41, 5.74) is 10.1. The van der Waals surface area contributed by atoms with E-state index < -0.39 is 30.4 Å². The molecule has 12 aromatic carbocycles. The van der Waals surface area contributed by atoms with Gasteiger partial charge in [-0.25, -0.2) is 0 Å². The molecule has 20 rings (SSSR count). The van der Waals surface area contributed by atoms with Crippen LogP contribution in [-0.4, -0.2) is 30.4 Å². The average molecular weight is 990 g/mol. The summed E-state index contributed by atoms with van der Waals surface area (Å²) in [5, 5.41) is 21.8. The molecule has 0 radical (unpaired) electrons. The Kier molecular flexibility index (Phi) is 10.2. The SMILES string of the molecule is C[Si]1(C)c2ccc3ccc(cc3c2)-c2ccc3cc(ccc3c2)-c2ccc3ccc(cc3c2)[Si](C)(C)[Si](C)(C)c2ccc3ccc(cc3c2)-c2ccc3cc(ccc3c2)-c2ccc3ccc(cc3c2)[Si]1(C)C. The summed E-state index contributed by atoms with van der Waals surface area (Å²) in [6.07, 6.45) is 0. The molecule has 4 heteroatoms. The zero-order valence-corrected chi connectivity index (χ0v) is 46.8. The Morgan fingerprint density at radius 1 is 0.153 bits per heavy atom. The van der Waals surface area contributed by atoms with Gasteiger partial charge in [0.15, 0.2) is 0 Å². The van der Waals surface area contributed by atoms with Crippen molar-refractivity contribution in [2.24, 2.45) is 0 Å². The van der Waals surface area contributed by atoms with Gasteiger partial charge in [-0.3, -0.25) is 0 Å². The van der Waals surface area contributed by atoms with Crippen LogP contribution in [0, 0.1) is 0 Å². The maximum absolute atomic E-state index is 2.62. The zero-order chi connectivity index (χ0) is 49.3. The van der Waals surface area contributed by atoms with E-state index in [1.165, 1.54) is 109 Å². The summed E-state index contributed by atoms with van der Waals surface area (Å²) in [5.74, 6) is 0. The van der Waals surface area contributed by atoms with Crippen LogP contribution in [0.15, 0.2) is 218 Å². The third-order valence-electron chi connectivity index (χ3n) is 18.4. The van der Waals surface area contributed by atoms with Crippen molar-refractivity contribution in [3.05, 3.63) is 218 Å². The van der Waals surface area contributed by atoms with E-state index in [0.29, 0.717) is 0 Å². The van der Waals surface area contributed by atoms with E-state index in [1.54, 1.807) is 20.7 Å². The van der Waals surface area contributed by atoms with Gasteiger partial charge in [0.25, 0.3) is 0 Å². The van der Waals surface area contributed by atoms with E-state index in [0.717, 1.165) is 0 Å². The van der Waals surface area contributed by atoms with Crippen molar-refractivity contribution in [2.45, 2.75) is 52.4 Å². The average Bonchev–Trinajstić information content (AvgIpc) is 3.40. The third kappa shape index (κ3) is 7.25. The molecule has 8 aliphatic heterocycles. The highest BCUT2D eigenvalue weighted by molar-refractivity contribution is 7.50. The molecule has 0 amide bonds. The van der Waals surface area contributed by atoms with Crippen molar-refractivity contribution in [3.8, 4) is 44.5 Å². The maximum Gasteiger partial charge on any atom is 0.0791 e. The van der Waals surface area contributed by atoms with Crippen molar-refractivity contribution in [3.63, 3.8) is 0 Å². The number of hydrogen-bond donors (Lipinski definition) is 0. The van der Waals surface area contributed by atoms with Gasteiger partial charge in [-0.15, -0.1) is 0 Å². The van der Waals surface area contributed by atoms with Crippen LogP contribution in [0.1, 0.15) is 0 Å². The fraction of sp³-hybridized carbons (Fsp3) is 0.118. The highest BCUT2D eigenvalue weighted by Gasteiger charge is 2.45. The summed E-state index contributed by atoms with van der Waals surface area (Å²) < 4.78 is 0. The van der Waals surface area contributed by atoms with E-state index in [1.807, 2.05) is 0 Å². The Morgan fingerprint density at radius 3 is 0.500 bits per heavy atom. The second-order valence-corrected chi connectivity index (χ2v) is 53.5. The number of rotatable bonds is 0. The predicted octanol–water partition coefficient (Wildman–Crippen LogP) is 16.8. The zero-order valence-electron chi connectivity index (χ0n) is 42.8. The lowest BCUT2D eigenvalue weighted by atomic mass is 9.96. The van der Waals surface area contributed by atoms with E-state index in [-0.39, 0.29) is 0 Å². The molecule has 348 valence electrons. The van der Waals surface area contributed by atoms with Crippen LogP contribution in [0.2, 0.25) is 52.4 Å². The highest BCUT2D eigenvalue weighted by Crippen LogP contribution is 2.35. The standard InChI is InChI=1S/C68H60Si4/c1-69(2)65-29-25-45-9-13-57(37-61(45)41-65)53-21-17-50-35-55(23-19-49(50)33-53)59-15-11-47-27-31-67(43-63(47)39-59)71(5,6)72(7,8)68-32-28-48-12-16-60(40-64(48)44-68)56-24-20-51-34-54(22-18-52(51)36-56)58-14-10-46-26-30-66(70(69,3)4)42-62(46)38-58/h9-44H,1-8H3. The molecule has 0 fully saturated rings. The van der Waals surface area contributed by atoms with Crippen LogP contribution >= 0.6 is 0 Å². The quantitative estimate of drug-likeness (QED) is 0.133. The first kappa shape index (κ1) is 45.0. The number of hydrogen-bond acceptors (Lipinski definition) is 0. The molecule has 0 N–H and O–H groups in total. The molecule has 0 saturated carbocycles. The first-order valence-electron chi connectivity index (χ1n) is 25.9. The van der Waals surface area contributed by atoms with Crippen LogP contribution in [0.5, 0.6) is 0 Å². The molecule has 0 nitrogen and oxygen atoms in total. The van der Waals surface area contributed by atoms with Gasteiger partial charge in [-0.05, 0) is 158 Å². The van der Waals surface area contributed by atoms with Gasteiger partial charge < -0.3 is 0 Å². The fourth-order valence-corrected chi connectivity index (χ4v) is 29.4. The second-order valence-electron chi connectivity index (χ2n) is 23.2. The van der Waals surface area contributed by atoms with Crippen LogP contribution in [0.4, 0.5) is 0 Å². The van der Waals surface area contributed by atoms with Crippen LogP contribution < -0.4 is 20.7 Å². The van der Waals surface area contributed by atoms with Crippen LogP contribution in [-0.2, 0) is 0 Å². The monoisotopic (exact) mass is 988 g/mol. The minimum Gasteiger partial charge on any atom is -0.0671 e.